The maximum absolute atomic E-state index is 12.4. The molecule has 29 heavy (non-hydrogen) atoms. The normalized spacial score (nSPS) is 10.9. The third-order valence-corrected chi connectivity index (χ3v) is 5.13. The van der Waals surface area contributed by atoms with Gasteiger partial charge in [0, 0.05) is 12.6 Å². The zero-order valence-electron chi connectivity index (χ0n) is 16.3. The molecule has 4 aromatic rings. The summed E-state index contributed by atoms with van der Waals surface area (Å²) in [6, 6.07) is 34.5. The van der Waals surface area contributed by atoms with Crippen LogP contribution in [0.5, 0.6) is 0 Å². The molecule has 0 saturated carbocycles. The summed E-state index contributed by atoms with van der Waals surface area (Å²) in [5.74, 6) is -0.00151. The summed E-state index contributed by atoms with van der Waals surface area (Å²) >= 11 is 0. The lowest BCUT2D eigenvalue weighted by atomic mass is 9.88. The summed E-state index contributed by atoms with van der Waals surface area (Å²) in [7, 11) is 0. The molecular weight excluding hydrogens is 356 g/mol. The van der Waals surface area contributed by atoms with Gasteiger partial charge in [-0.1, -0.05) is 91.0 Å². The van der Waals surface area contributed by atoms with Crippen LogP contribution < -0.4 is 5.56 Å². The first-order valence-corrected chi connectivity index (χ1v) is 10.0. The molecule has 1 aromatic heterocycles. The Bertz CT molecular complexity index is 1050. The van der Waals surface area contributed by atoms with Gasteiger partial charge in [0.25, 0.3) is 5.56 Å². The van der Waals surface area contributed by atoms with Crippen LogP contribution in [0.3, 0.4) is 0 Å². The molecule has 0 unspecified atom stereocenters. The number of aromatic nitrogens is 2. The molecule has 1 heterocycles. The Morgan fingerprint density at radius 2 is 1.24 bits per heavy atom. The minimum absolute atomic E-state index is 0.00151. The van der Waals surface area contributed by atoms with Gasteiger partial charge in [-0.05, 0) is 35.6 Å². The Morgan fingerprint density at radius 1 is 0.690 bits per heavy atom. The predicted octanol–water partition coefficient (Wildman–Crippen LogP) is 5.06. The summed E-state index contributed by atoms with van der Waals surface area (Å²) in [6.07, 6.45) is 1.81. The molecular formula is C26H24N2O. The number of hydrogen-bond donors (Lipinski definition) is 0. The van der Waals surface area contributed by atoms with Crippen molar-refractivity contribution in [3.8, 4) is 0 Å². The van der Waals surface area contributed by atoms with Crippen LogP contribution in [-0.2, 0) is 13.0 Å². The third kappa shape index (κ3) is 4.69. The summed E-state index contributed by atoms with van der Waals surface area (Å²) in [6.45, 7) is 0.609. The van der Waals surface area contributed by atoms with E-state index in [1.807, 2.05) is 60.7 Å². The lowest BCUT2D eigenvalue weighted by Gasteiger charge is -2.18. The van der Waals surface area contributed by atoms with E-state index < -0.39 is 0 Å². The van der Waals surface area contributed by atoms with Crippen molar-refractivity contribution in [1.82, 2.24) is 9.78 Å². The topological polar surface area (TPSA) is 34.9 Å². The van der Waals surface area contributed by atoms with Gasteiger partial charge in [-0.25, -0.2) is 4.68 Å². The molecule has 0 fully saturated rings. The first-order valence-electron chi connectivity index (χ1n) is 10.0. The van der Waals surface area contributed by atoms with E-state index in [9.17, 15) is 4.79 Å². The Hall–Kier alpha value is -3.46. The van der Waals surface area contributed by atoms with Crippen LogP contribution in [-0.4, -0.2) is 9.78 Å². The average molecular weight is 380 g/mol. The molecule has 0 aliphatic carbocycles. The van der Waals surface area contributed by atoms with Crippen LogP contribution in [0, 0.1) is 0 Å². The molecule has 0 atom stereocenters. The third-order valence-electron chi connectivity index (χ3n) is 5.13. The molecule has 0 saturated heterocycles. The predicted molar refractivity (Wildman–Crippen MR) is 117 cm³/mol. The first kappa shape index (κ1) is 18.9. The highest BCUT2D eigenvalue weighted by Gasteiger charge is 2.18. The van der Waals surface area contributed by atoms with Crippen LogP contribution in [0.4, 0.5) is 0 Å². The van der Waals surface area contributed by atoms with Gasteiger partial charge in [0.05, 0.1) is 11.6 Å². The molecule has 4 rings (SSSR count). The molecule has 0 aliphatic heterocycles. The highest BCUT2D eigenvalue weighted by Crippen LogP contribution is 2.29. The van der Waals surface area contributed by atoms with E-state index in [-0.39, 0.29) is 11.5 Å². The highest BCUT2D eigenvalue weighted by molar-refractivity contribution is 5.39. The Labute approximate surface area is 171 Å². The van der Waals surface area contributed by atoms with Gasteiger partial charge in [-0.15, -0.1) is 0 Å². The summed E-state index contributed by atoms with van der Waals surface area (Å²) in [4.78, 5) is 12.4. The van der Waals surface area contributed by atoms with E-state index in [0.29, 0.717) is 6.54 Å². The quantitative estimate of drug-likeness (QED) is 0.449. The van der Waals surface area contributed by atoms with Crippen molar-refractivity contribution in [2.24, 2.45) is 0 Å². The second-order valence-electron chi connectivity index (χ2n) is 7.16. The fraction of sp³-hybridized carbons (Fsp3) is 0.154. The highest BCUT2D eigenvalue weighted by atomic mass is 16.1. The van der Waals surface area contributed by atoms with Gasteiger partial charge < -0.3 is 0 Å². The van der Waals surface area contributed by atoms with Crippen molar-refractivity contribution in [3.63, 3.8) is 0 Å². The Balaban J connectivity index is 1.62. The molecule has 0 bridgehead atoms. The summed E-state index contributed by atoms with van der Waals surface area (Å²) in [5.41, 5.74) is 4.45. The second-order valence-corrected chi connectivity index (χ2v) is 7.16. The average Bonchev–Trinajstić information content (AvgIpc) is 2.78. The lowest BCUT2D eigenvalue weighted by Crippen LogP contribution is -2.24. The van der Waals surface area contributed by atoms with E-state index in [0.717, 1.165) is 18.5 Å². The zero-order valence-corrected chi connectivity index (χ0v) is 16.3. The largest absolute Gasteiger partial charge is 0.268 e. The SMILES string of the molecule is O=c1ccc(C(c2ccccc2)c2ccccc2)nn1CCCc1ccccc1. The van der Waals surface area contributed by atoms with Gasteiger partial charge in [0.15, 0.2) is 0 Å². The van der Waals surface area contributed by atoms with Crippen LogP contribution in [0.15, 0.2) is 108 Å². The fourth-order valence-corrected chi connectivity index (χ4v) is 3.68. The molecule has 3 nitrogen and oxygen atoms in total. The molecule has 144 valence electrons. The maximum atomic E-state index is 12.4. The van der Waals surface area contributed by atoms with E-state index in [1.165, 1.54) is 16.7 Å². The zero-order chi connectivity index (χ0) is 19.9. The van der Waals surface area contributed by atoms with Crippen molar-refractivity contribution in [1.29, 1.82) is 0 Å². The standard InChI is InChI=1S/C26H24N2O/c29-25-19-18-24(27-28(25)20-10-13-21-11-4-1-5-12-21)26(22-14-6-2-7-15-22)23-16-8-3-9-17-23/h1-9,11-12,14-19,26H,10,13,20H2. The minimum atomic E-state index is -0.0540. The molecule has 0 spiro atoms. The number of nitrogens with zero attached hydrogens (tertiary/aromatic N) is 2. The van der Waals surface area contributed by atoms with Crippen LogP contribution in [0.2, 0.25) is 0 Å². The van der Waals surface area contributed by atoms with E-state index in [1.54, 1.807) is 10.7 Å². The van der Waals surface area contributed by atoms with E-state index in [2.05, 4.69) is 36.4 Å². The monoisotopic (exact) mass is 380 g/mol. The van der Waals surface area contributed by atoms with Crippen molar-refractivity contribution >= 4 is 0 Å². The van der Waals surface area contributed by atoms with E-state index >= 15 is 0 Å². The minimum Gasteiger partial charge on any atom is -0.268 e. The van der Waals surface area contributed by atoms with Crippen LogP contribution >= 0.6 is 0 Å². The van der Waals surface area contributed by atoms with Crippen LogP contribution in [0.1, 0.15) is 34.7 Å². The first-order chi connectivity index (χ1) is 14.3. The molecule has 3 aromatic carbocycles. The van der Waals surface area contributed by atoms with Crippen molar-refractivity contribution < 1.29 is 0 Å². The molecule has 0 amide bonds. The number of hydrogen-bond acceptors (Lipinski definition) is 2. The van der Waals surface area contributed by atoms with Gasteiger partial charge in [-0.3, -0.25) is 4.79 Å². The Morgan fingerprint density at radius 3 is 1.83 bits per heavy atom. The molecule has 0 N–H and O–H groups in total. The fourth-order valence-electron chi connectivity index (χ4n) is 3.68. The number of rotatable bonds is 7. The maximum Gasteiger partial charge on any atom is 0.266 e. The molecule has 3 heteroatoms. The molecule has 0 aliphatic rings. The number of aryl methyl sites for hydroxylation is 2. The second kappa shape index (κ2) is 9.16. The van der Waals surface area contributed by atoms with Crippen LogP contribution in [0.25, 0.3) is 0 Å². The van der Waals surface area contributed by atoms with Gasteiger partial charge in [0.2, 0.25) is 0 Å². The van der Waals surface area contributed by atoms with Gasteiger partial charge in [0.1, 0.15) is 0 Å². The summed E-state index contributed by atoms with van der Waals surface area (Å²) < 4.78 is 1.61. The van der Waals surface area contributed by atoms with Crippen molar-refractivity contribution in [2.75, 3.05) is 0 Å². The van der Waals surface area contributed by atoms with Crippen molar-refractivity contribution in [3.05, 3.63) is 136 Å². The van der Waals surface area contributed by atoms with Crippen molar-refractivity contribution in [2.45, 2.75) is 25.3 Å². The van der Waals surface area contributed by atoms with Gasteiger partial charge in [-0.2, -0.15) is 5.10 Å². The van der Waals surface area contributed by atoms with E-state index in [4.69, 9.17) is 5.10 Å². The smallest absolute Gasteiger partial charge is 0.266 e. The number of benzene rings is 3. The lowest BCUT2D eigenvalue weighted by molar-refractivity contribution is 0.536. The van der Waals surface area contributed by atoms with Gasteiger partial charge >= 0.3 is 0 Å². The summed E-state index contributed by atoms with van der Waals surface area (Å²) in [5, 5.41) is 4.76. The molecule has 0 radical (unpaired) electrons. The Kier molecular flexibility index (Phi) is 5.96.